The van der Waals surface area contributed by atoms with Crippen LogP contribution in [-0.2, 0) is 4.79 Å². The number of rotatable bonds is 7. The Balaban J connectivity index is 0.000000173. The van der Waals surface area contributed by atoms with E-state index in [1.165, 1.54) is 15.9 Å². The van der Waals surface area contributed by atoms with Gasteiger partial charge in [-0.1, -0.05) is 164 Å². The number of benzene rings is 5. The summed E-state index contributed by atoms with van der Waals surface area (Å²) in [6, 6.07) is 51.9. The van der Waals surface area contributed by atoms with E-state index in [2.05, 4.69) is 91.0 Å². The minimum absolute atomic E-state index is 0.0114. The highest BCUT2D eigenvalue weighted by Crippen LogP contribution is 2.32. The zero-order chi connectivity index (χ0) is 25.5. The van der Waals surface area contributed by atoms with Crippen LogP contribution < -0.4 is 15.9 Å². The summed E-state index contributed by atoms with van der Waals surface area (Å²) in [4.78, 5) is 11.6. The highest BCUT2D eigenvalue weighted by atomic mass is 31.1. The SMILES string of the molecule is O=C(C=Cc1ccccc1)C=Cc1ccccc1.c1ccc(P(c2ccccc2)c2ccccc2)cc1. The lowest BCUT2D eigenvalue weighted by Crippen LogP contribution is -2.20. The third-order valence-corrected chi connectivity index (χ3v) is 7.97. The first-order valence-corrected chi connectivity index (χ1v) is 13.6. The van der Waals surface area contributed by atoms with Gasteiger partial charge in [0.15, 0.2) is 5.78 Å². The van der Waals surface area contributed by atoms with Gasteiger partial charge in [-0.3, -0.25) is 4.79 Å². The van der Waals surface area contributed by atoms with Crippen molar-refractivity contribution < 1.29 is 4.79 Å². The standard InChI is InChI=1S/C18H15P.C17H14O/c1-4-10-16(11-5-1)19(17-12-6-2-7-13-17)18-14-8-3-9-15-18;18-17(13-11-15-7-3-1-4-8-15)14-12-16-9-5-2-6-10-16/h1-15H;1-14H. The van der Waals surface area contributed by atoms with Crippen LogP contribution in [0.3, 0.4) is 0 Å². The van der Waals surface area contributed by atoms with Gasteiger partial charge in [0, 0.05) is 0 Å². The van der Waals surface area contributed by atoms with E-state index in [4.69, 9.17) is 0 Å². The van der Waals surface area contributed by atoms with E-state index in [1.54, 1.807) is 12.2 Å². The summed E-state index contributed by atoms with van der Waals surface area (Å²) < 4.78 is 0. The van der Waals surface area contributed by atoms with Crippen LogP contribution in [0.4, 0.5) is 0 Å². The molecule has 180 valence electrons. The summed E-state index contributed by atoms with van der Waals surface area (Å²) in [5.74, 6) is -0.0114. The molecule has 0 aliphatic heterocycles. The van der Waals surface area contributed by atoms with Crippen molar-refractivity contribution in [3.8, 4) is 0 Å². The molecule has 0 atom stereocenters. The van der Waals surface area contributed by atoms with Crippen LogP contribution in [-0.4, -0.2) is 5.78 Å². The average Bonchev–Trinajstić information content (AvgIpc) is 2.98. The minimum Gasteiger partial charge on any atom is -0.290 e. The fraction of sp³-hybridized carbons (Fsp3) is 0. The summed E-state index contributed by atoms with van der Waals surface area (Å²) in [6.07, 6.45) is 6.79. The molecule has 0 heterocycles. The molecule has 0 bridgehead atoms. The molecule has 0 aliphatic carbocycles. The van der Waals surface area contributed by atoms with Gasteiger partial charge in [0.1, 0.15) is 0 Å². The fourth-order valence-electron chi connectivity index (χ4n) is 3.72. The lowest BCUT2D eigenvalue weighted by atomic mass is 10.1. The molecule has 0 aliphatic rings. The van der Waals surface area contributed by atoms with Gasteiger partial charge in [-0.05, 0) is 47.1 Å². The quantitative estimate of drug-likeness (QED) is 0.169. The van der Waals surface area contributed by atoms with Gasteiger partial charge in [0.25, 0.3) is 0 Å². The number of ketones is 1. The van der Waals surface area contributed by atoms with Crippen LogP contribution in [0.2, 0.25) is 0 Å². The molecular formula is C35H29OP. The highest BCUT2D eigenvalue weighted by Gasteiger charge is 2.14. The average molecular weight is 497 g/mol. The summed E-state index contributed by atoms with van der Waals surface area (Å²) >= 11 is 0. The van der Waals surface area contributed by atoms with Crippen LogP contribution >= 0.6 is 7.92 Å². The smallest absolute Gasteiger partial charge is 0.178 e. The van der Waals surface area contributed by atoms with Crippen molar-refractivity contribution in [2.24, 2.45) is 0 Å². The number of allylic oxidation sites excluding steroid dienone is 2. The Bertz CT molecular complexity index is 1250. The molecule has 0 fully saturated rings. The van der Waals surface area contributed by atoms with Gasteiger partial charge < -0.3 is 0 Å². The second-order valence-corrected chi connectivity index (χ2v) is 10.5. The first-order valence-electron chi connectivity index (χ1n) is 12.2. The van der Waals surface area contributed by atoms with Crippen molar-refractivity contribution in [1.29, 1.82) is 0 Å². The summed E-state index contributed by atoms with van der Waals surface area (Å²) in [7, 11) is -0.446. The van der Waals surface area contributed by atoms with Gasteiger partial charge in [-0.25, -0.2) is 0 Å². The maximum atomic E-state index is 11.6. The van der Waals surface area contributed by atoms with Crippen LogP contribution in [0.5, 0.6) is 0 Å². The van der Waals surface area contributed by atoms with E-state index in [0.29, 0.717) is 0 Å². The molecule has 0 saturated carbocycles. The summed E-state index contributed by atoms with van der Waals surface area (Å²) in [5.41, 5.74) is 2.05. The normalized spacial score (nSPS) is 10.8. The van der Waals surface area contributed by atoms with E-state index in [-0.39, 0.29) is 5.78 Å². The van der Waals surface area contributed by atoms with Gasteiger partial charge in [0.05, 0.1) is 0 Å². The predicted octanol–water partition coefficient (Wildman–Crippen LogP) is 7.43. The molecule has 37 heavy (non-hydrogen) atoms. The molecule has 0 saturated heterocycles. The van der Waals surface area contributed by atoms with E-state index < -0.39 is 7.92 Å². The Hall–Kier alpha value is -4.32. The number of hydrogen-bond donors (Lipinski definition) is 0. The van der Waals surface area contributed by atoms with Gasteiger partial charge >= 0.3 is 0 Å². The zero-order valence-corrected chi connectivity index (χ0v) is 21.5. The molecule has 0 amide bonds. The largest absolute Gasteiger partial charge is 0.290 e. The van der Waals surface area contributed by atoms with Crippen molar-refractivity contribution in [2.75, 3.05) is 0 Å². The third kappa shape index (κ3) is 8.39. The van der Waals surface area contributed by atoms with Crippen LogP contribution in [0.15, 0.2) is 164 Å². The molecule has 2 heteroatoms. The maximum absolute atomic E-state index is 11.6. The maximum Gasteiger partial charge on any atom is 0.178 e. The van der Waals surface area contributed by atoms with Crippen LogP contribution in [0.1, 0.15) is 11.1 Å². The lowest BCUT2D eigenvalue weighted by Gasteiger charge is -2.18. The Kier molecular flexibility index (Phi) is 9.95. The third-order valence-electron chi connectivity index (χ3n) is 5.52. The first-order chi connectivity index (χ1) is 18.3. The number of hydrogen-bond acceptors (Lipinski definition) is 1. The van der Waals surface area contributed by atoms with E-state index >= 15 is 0 Å². The van der Waals surface area contributed by atoms with Crippen LogP contribution in [0, 0.1) is 0 Å². The minimum atomic E-state index is -0.446. The predicted molar refractivity (Wildman–Crippen MR) is 161 cm³/mol. The lowest BCUT2D eigenvalue weighted by molar-refractivity contribution is -0.110. The van der Waals surface area contributed by atoms with E-state index in [9.17, 15) is 4.79 Å². The van der Waals surface area contributed by atoms with E-state index in [1.807, 2.05) is 72.8 Å². The van der Waals surface area contributed by atoms with Gasteiger partial charge in [0.2, 0.25) is 0 Å². The first kappa shape index (κ1) is 25.8. The zero-order valence-electron chi connectivity index (χ0n) is 20.6. The molecule has 5 rings (SSSR count). The van der Waals surface area contributed by atoms with E-state index in [0.717, 1.165) is 11.1 Å². The second-order valence-electron chi connectivity index (χ2n) is 8.23. The van der Waals surface area contributed by atoms with Crippen molar-refractivity contribution in [2.45, 2.75) is 0 Å². The monoisotopic (exact) mass is 496 g/mol. The molecule has 5 aromatic carbocycles. The molecule has 0 N–H and O–H groups in total. The molecular weight excluding hydrogens is 467 g/mol. The second kappa shape index (κ2) is 14.3. The molecule has 5 aromatic rings. The Morgan fingerprint density at radius 3 is 0.973 bits per heavy atom. The summed E-state index contributed by atoms with van der Waals surface area (Å²) in [6.45, 7) is 0. The van der Waals surface area contributed by atoms with Crippen molar-refractivity contribution in [1.82, 2.24) is 0 Å². The fourth-order valence-corrected chi connectivity index (χ4v) is 6.02. The van der Waals surface area contributed by atoms with Crippen LogP contribution in [0.25, 0.3) is 12.2 Å². The van der Waals surface area contributed by atoms with Crippen molar-refractivity contribution >= 4 is 41.8 Å². The molecule has 1 nitrogen and oxygen atoms in total. The number of carbonyl (C=O) groups is 1. The Labute approximate surface area is 221 Å². The topological polar surface area (TPSA) is 17.1 Å². The van der Waals surface area contributed by atoms with Crippen molar-refractivity contribution in [3.63, 3.8) is 0 Å². The Morgan fingerprint density at radius 1 is 0.405 bits per heavy atom. The highest BCUT2D eigenvalue weighted by molar-refractivity contribution is 7.79. The van der Waals surface area contributed by atoms with Crippen molar-refractivity contribution in [3.05, 3.63) is 175 Å². The Morgan fingerprint density at radius 2 is 0.676 bits per heavy atom. The van der Waals surface area contributed by atoms with Gasteiger partial charge in [-0.2, -0.15) is 0 Å². The molecule has 0 spiro atoms. The van der Waals surface area contributed by atoms with Gasteiger partial charge in [-0.15, -0.1) is 0 Å². The molecule has 0 aromatic heterocycles. The molecule has 0 unspecified atom stereocenters. The summed E-state index contributed by atoms with van der Waals surface area (Å²) in [5, 5.41) is 4.19. The molecule has 0 radical (unpaired) electrons. The number of carbonyl (C=O) groups excluding carboxylic acids is 1.